The summed E-state index contributed by atoms with van der Waals surface area (Å²) in [5.41, 5.74) is 1.90. The summed E-state index contributed by atoms with van der Waals surface area (Å²) >= 11 is 3.42. The van der Waals surface area contributed by atoms with E-state index >= 15 is 0 Å². The number of hydrogen-bond acceptors (Lipinski definition) is 4. The number of nitrogens with zero attached hydrogens (tertiary/aromatic N) is 1. The smallest absolute Gasteiger partial charge is 0.335 e. The third kappa shape index (κ3) is 4.00. The van der Waals surface area contributed by atoms with Crippen LogP contribution in [0, 0.1) is 6.92 Å². The summed E-state index contributed by atoms with van der Waals surface area (Å²) in [6, 6.07) is 13.3. The molecule has 0 spiro atoms. The lowest BCUT2D eigenvalue weighted by Gasteiger charge is -2.26. The lowest BCUT2D eigenvalue weighted by molar-refractivity contribution is -0.138. The number of rotatable bonds is 5. The van der Waals surface area contributed by atoms with Gasteiger partial charge in [-0.05, 0) is 49.2 Å². The fourth-order valence-electron chi connectivity index (χ4n) is 3.14. The molecule has 0 aliphatic carbocycles. The third-order valence-corrected chi connectivity index (χ3v) is 6.67. The minimum absolute atomic E-state index is 0.113. The van der Waals surface area contributed by atoms with E-state index in [-0.39, 0.29) is 18.0 Å². The molecular formula is C20H20BrNO4S. The van der Waals surface area contributed by atoms with Gasteiger partial charge in [0.15, 0.2) is 0 Å². The number of carbonyl (C=O) groups is 1. The number of sulfonamides is 1. The topological polar surface area (TPSA) is 63.7 Å². The van der Waals surface area contributed by atoms with Crippen LogP contribution in [-0.2, 0) is 19.6 Å². The number of esters is 1. The molecule has 1 atom stereocenters. The van der Waals surface area contributed by atoms with E-state index in [0.29, 0.717) is 11.1 Å². The molecule has 0 N–H and O–H groups in total. The predicted octanol–water partition coefficient (Wildman–Crippen LogP) is 3.99. The van der Waals surface area contributed by atoms with Crippen molar-refractivity contribution < 1.29 is 17.9 Å². The van der Waals surface area contributed by atoms with Crippen LogP contribution in [0.5, 0.6) is 0 Å². The van der Waals surface area contributed by atoms with E-state index < -0.39 is 22.0 Å². The second kappa shape index (κ2) is 7.96. The highest BCUT2D eigenvalue weighted by Gasteiger charge is 2.41. The van der Waals surface area contributed by atoms with Gasteiger partial charge in [0.1, 0.15) is 0 Å². The van der Waals surface area contributed by atoms with Gasteiger partial charge in [0.2, 0.25) is 10.0 Å². The second-order valence-electron chi connectivity index (χ2n) is 6.23. The molecule has 1 unspecified atom stereocenters. The average molecular weight is 450 g/mol. The Labute approximate surface area is 167 Å². The predicted molar refractivity (Wildman–Crippen MR) is 107 cm³/mol. The number of hydrogen-bond donors (Lipinski definition) is 0. The monoisotopic (exact) mass is 449 g/mol. The molecule has 0 fully saturated rings. The Morgan fingerprint density at radius 1 is 1.22 bits per heavy atom. The van der Waals surface area contributed by atoms with Gasteiger partial charge in [-0.1, -0.05) is 46.3 Å². The van der Waals surface area contributed by atoms with Crippen molar-refractivity contribution >= 4 is 31.9 Å². The SMILES string of the molecule is CCOC(=O)C1=CCN(S(=O)(=O)c2cccc(C)c2)C1c1cccc(Br)c1. The maximum Gasteiger partial charge on any atom is 0.335 e. The molecule has 27 heavy (non-hydrogen) atoms. The van der Waals surface area contributed by atoms with E-state index in [1.165, 1.54) is 4.31 Å². The summed E-state index contributed by atoms with van der Waals surface area (Å²) in [4.78, 5) is 12.7. The Morgan fingerprint density at radius 3 is 2.63 bits per heavy atom. The first-order valence-electron chi connectivity index (χ1n) is 8.55. The summed E-state index contributed by atoms with van der Waals surface area (Å²) in [5.74, 6) is -0.496. The zero-order valence-electron chi connectivity index (χ0n) is 15.1. The summed E-state index contributed by atoms with van der Waals surface area (Å²) < 4.78 is 33.9. The minimum Gasteiger partial charge on any atom is -0.463 e. The second-order valence-corrected chi connectivity index (χ2v) is 9.03. The van der Waals surface area contributed by atoms with Crippen molar-refractivity contribution in [1.82, 2.24) is 4.31 Å². The van der Waals surface area contributed by atoms with Crippen molar-refractivity contribution in [2.45, 2.75) is 24.8 Å². The van der Waals surface area contributed by atoms with Crippen molar-refractivity contribution in [3.05, 3.63) is 75.8 Å². The van der Waals surface area contributed by atoms with Gasteiger partial charge in [-0.25, -0.2) is 13.2 Å². The molecular weight excluding hydrogens is 430 g/mol. The van der Waals surface area contributed by atoms with Crippen LogP contribution in [-0.4, -0.2) is 31.8 Å². The standard InChI is InChI=1S/C20H20BrNO4S/c1-3-26-20(23)18-10-11-22(19(18)15-7-5-8-16(21)13-15)27(24,25)17-9-4-6-14(2)12-17/h4-10,12-13,19H,3,11H2,1-2H3. The molecule has 0 bridgehead atoms. The first kappa shape index (κ1) is 19.8. The first-order chi connectivity index (χ1) is 12.8. The van der Waals surface area contributed by atoms with E-state index in [9.17, 15) is 13.2 Å². The van der Waals surface area contributed by atoms with E-state index in [4.69, 9.17) is 4.74 Å². The molecule has 0 saturated carbocycles. The van der Waals surface area contributed by atoms with E-state index in [0.717, 1.165) is 10.0 Å². The Bertz CT molecular complexity index is 1000. The highest BCUT2D eigenvalue weighted by molar-refractivity contribution is 9.10. The van der Waals surface area contributed by atoms with E-state index in [1.54, 1.807) is 31.2 Å². The number of aryl methyl sites for hydroxylation is 1. The molecule has 1 aliphatic heterocycles. The van der Waals surface area contributed by atoms with Crippen molar-refractivity contribution in [3.8, 4) is 0 Å². The third-order valence-electron chi connectivity index (χ3n) is 4.35. The zero-order valence-corrected chi connectivity index (χ0v) is 17.5. The van der Waals surface area contributed by atoms with Crippen LogP contribution in [0.2, 0.25) is 0 Å². The van der Waals surface area contributed by atoms with Gasteiger partial charge in [-0.3, -0.25) is 0 Å². The van der Waals surface area contributed by atoms with Gasteiger partial charge < -0.3 is 4.74 Å². The Hall–Kier alpha value is -1.96. The molecule has 0 radical (unpaired) electrons. The van der Waals surface area contributed by atoms with Crippen LogP contribution in [0.3, 0.4) is 0 Å². The largest absolute Gasteiger partial charge is 0.463 e. The molecule has 1 heterocycles. The highest BCUT2D eigenvalue weighted by atomic mass is 79.9. The molecule has 0 amide bonds. The molecule has 142 valence electrons. The van der Waals surface area contributed by atoms with Crippen LogP contribution in [0.4, 0.5) is 0 Å². The highest BCUT2D eigenvalue weighted by Crippen LogP contribution is 2.39. The Morgan fingerprint density at radius 2 is 1.96 bits per heavy atom. The molecule has 2 aromatic carbocycles. The fraction of sp³-hybridized carbons (Fsp3) is 0.250. The number of ether oxygens (including phenoxy) is 1. The van der Waals surface area contributed by atoms with E-state index in [1.807, 2.05) is 37.3 Å². The number of halogens is 1. The summed E-state index contributed by atoms with van der Waals surface area (Å²) in [5, 5.41) is 0. The average Bonchev–Trinajstić information content (AvgIpc) is 3.08. The van der Waals surface area contributed by atoms with Crippen LogP contribution < -0.4 is 0 Å². The fourth-order valence-corrected chi connectivity index (χ4v) is 5.20. The van der Waals surface area contributed by atoms with Crippen molar-refractivity contribution in [2.75, 3.05) is 13.2 Å². The molecule has 0 saturated heterocycles. The molecule has 1 aliphatic rings. The van der Waals surface area contributed by atoms with E-state index in [2.05, 4.69) is 15.9 Å². The zero-order chi connectivity index (χ0) is 19.6. The number of benzene rings is 2. The minimum atomic E-state index is -3.79. The number of carbonyl (C=O) groups excluding carboxylic acids is 1. The maximum atomic E-state index is 13.3. The van der Waals surface area contributed by atoms with Gasteiger partial charge >= 0.3 is 5.97 Å². The molecule has 0 aromatic heterocycles. The van der Waals surface area contributed by atoms with Crippen molar-refractivity contribution in [2.24, 2.45) is 0 Å². The summed E-state index contributed by atoms with van der Waals surface area (Å²) in [7, 11) is -3.79. The molecule has 7 heteroatoms. The first-order valence-corrected chi connectivity index (χ1v) is 10.8. The van der Waals surface area contributed by atoms with Crippen LogP contribution in [0.15, 0.2) is 69.5 Å². The molecule has 3 rings (SSSR count). The van der Waals surface area contributed by atoms with Gasteiger partial charge in [0, 0.05) is 11.0 Å². The van der Waals surface area contributed by atoms with Gasteiger partial charge in [0.05, 0.1) is 23.1 Å². The van der Waals surface area contributed by atoms with Gasteiger partial charge in [-0.15, -0.1) is 0 Å². The van der Waals surface area contributed by atoms with Gasteiger partial charge in [0.25, 0.3) is 0 Å². The Kier molecular flexibility index (Phi) is 5.83. The van der Waals surface area contributed by atoms with Crippen LogP contribution in [0.25, 0.3) is 0 Å². The van der Waals surface area contributed by atoms with Crippen molar-refractivity contribution in [3.63, 3.8) is 0 Å². The lowest BCUT2D eigenvalue weighted by Crippen LogP contribution is -2.33. The van der Waals surface area contributed by atoms with Crippen LogP contribution in [0.1, 0.15) is 24.1 Å². The van der Waals surface area contributed by atoms with Crippen LogP contribution >= 0.6 is 15.9 Å². The lowest BCUT2D eigenvalue weighted by atomic mass is 10.0. The summed E-state index contributed by atoms with van der Waals surface area (Å²) in [6.07, 6.45) is 1.64. The maximum absolute atomic E-state index is 13.3. The van der Waals surface area contributed by atoms with Crippen molar-refractivity contribution in [1.29, 1.82) is 0 Å². The quantitative estimate of drug-likeness (QED) is 0.647. The normalized spacial score (nSPS) is 17.6. The summed E-state index contributed by atoms with van der Waals surface area (Å²) in [6.45, 7) is 3.91. The Balaban J connectivity index is 2.08. The molecule has 5 nitrogen and oxygen atoms in total. The van der Waals surface area contributed by atoms with Gasteiger partial charge in [-0.2, -0.15) is 4.31 Å². The molecule has 2 aromatic rings.